The van der Waals surface area contributed by atoms with Crippen molar-refractivity contribution >= 4 is 17.5 Å². The highest BCUT2D eigenvalue weighted by Crippen LogP contribution is 2.38. The maximum Gasteiger partial charge on any atom is 0.229 e. The number of hydrogen-bond acceptors (Lipinski definition) is 5. The summed E-state index contributed by atoms with van der Waals surface area (Å²) >= 11 is 0. The molecule has 3 heterocycles. The zero-order chi connectivity index (χ0) is 24.8. The standard InChI is InChI=1S/C26H34F2N6/c1-16-8-9-17(2)34(16)22-12-18(10-11-20(22)27)31-24-29-15-21(28)23(32-24)30-19-13-25(3,4)33(7)26(5,6)14-19/h8-12,15,19H,13-14H2,1-7H3,(H2,29,30,31,32). The highest BCUT2D eigenvalue weighted by molar-refractivity contribution is 5.59. The van der Waals surface area contributed by atoms with Crippen molar-refractivity contribution in [1.29, 1.82) is 0 Å². The molecule has 2 aromatic heterocycles. The van der Waals surface area contributed by atoms with Gasteiger partial charge >= 0.3 is 0 Å². The minimum Gasteiger partial charge on any atom is -0.365 e. The third kappa shape index (κ3) is 4.64. The van der Waals surface area contributed by atoms with E-state index in [1.54, 1.807) is 12.1 Å². The van der Waals surface area contributed by atoms with Gasteiger partial charge in [-0.15, -0.1) is 0 Å². The fraction of sp³-hybridized carbons (Fsp3) is 0.462. The second-order valence-electron chi connectivity index (χ2n) is 10.6. The van der Waals surface area contributed by atoms with E-state index in [4.69, 9.17) is 0 Å². The van der Waals surface area contributed by atoms with Crippen molar-refractivity contribution in [2.24, 2.45) is 0 Å². The summed E-state index contributed by atoms with van der Waals surface area (Å²) in [5.74, 6) is -0.423. The van der Waals surface area contributed by atoms with Crippen molar-refractivity contribution in [3.63, 3.8) is 0 Å². The van der Waals surface area contributed by atoms with E-state index in [1.807, 2.05) is 30.5 Å². The Morgan fingerprint density at radius 2 is 1.56 bits per heavy atom. The van der Waals surface area contributed by atoms with Crippen LogP contribution in [0.4, 0.5) is 26.2 Å². The minimum atomic E-state index is -0.501. The number of anilines is 3. The summed E-state index contributed by atoms with van der Waals surface area (Å²) in [4.78, 5) is 10.9. The molecule has 1 saturated heterocycles. The highest BCUT2D eigenvalue weighted by Gasteiger charge is 2.43. The summed E-state index contributed by atoms with van der Waals surface area (Å²) in [6.07, 6.45) is 2.87. The Balaban J connectivity index is 1.57. The molecule has 0 spiro atoms. The van der Waals surface area contributed by atoms with Gasteiger partial charge in [-0.25, -0.2) is 13.8 Å². The summed E-state index contributed by atoms with van der Waals surface area (Å²) in [5.41, 5.74) is 2.83. The van der Waals surface area contributed by atoms with Crippen LogP contribution in [0.1, 0.15) is 51.9 Å². The molecule has 0 unspecified atom stereocenters. The highest BCUT2D eigenvalue weighted by atomic mass is 19.1. The number of likely N-dealkylation sites (tertiary alicyclic amines) is 1. The number of rotatable bonds is 5. The van der Waals surface area contributed by atoms with Crippen molar-refractivity contribution in [1.82, 2.24) is 19.4 Å². The number of nitrogens with one attached hydrogen (secondary N) is 2. The van der Waals surface area contributed by atoms with Crippen LogP contribution in [0, 0.1) is 25.5 Å². The molecule has 1 aliphatic heterocycles. The summed E-state index contributed by atoms with van der Waals surface area (Å²) in [6, 6.07) is 8.69. The molecule has 0 radical (unpaired) electrons. The van der Waals surface area contributed by atoms with Gasteiger partial charge in [-0.2, -0.15) is 4.98 Å². The number of benzene rings is 1. The second kappa shape index (κ2) is 8.65. The minimum absolute atomic E-state index is 0.0384. The SMILES string of the molecule is Cc1ccc(C)n1-c1cc(Nc2ncc(F)c(NC3CC(C)(C)N(C)C(C)(C)C3)n2)ccc1F. The summed E-state index contributed by atoms with van der Waals surface area (Å²) in [7, 11) is 2.14. The Morgan fingerprint density at radius 1 is 0.941 bits per heavy atom. The lowest BCUT2D eigenvalue weighted by atomic mass is 9.77. The maximum atomic E-state index is 14.6. The number of piperidine rings is 1. The van der Waals surface area contributed by atoms with Crippen LogP contribution in [0.3, 0.4) is 0 Å². The fourth-order valence-corrected chi connectivity index (χ4v) is 5.13. The molecule has 8 heteroatoms. The molecule has 0 aliphatic carbocycles. The van der Waals surface area contributed by atoms with Crippen LogP contribution in [-0.4, -0.2) is 43.6 Å². The average molecular weight is 469 g/mol. The van der Waals surface area contributed by atoms with Gasteiger partial charge in [0.25, 0.3) is 0 Å². The molecular formula is C26H34F2N6. The van der Waals surface area contributed by atoms with Gasteiger partial charge in [0.1, 0.15) is 5.82 Å². The van der Waals surface area contributed by atoms with E-state index < -0.39 is 5.82 Å². The predicted octanol–water partition coefficient (Wildman–Crippen LogP) is 5.97. The molecule has 1 aromatic carbocycles. The normalized spacial score (nSPS) is 18.1. The van der Waals surface area contributed by atoms with Crippen LogP contribution >= 0.6 is 0 Å². The van der Waals surface area contributed by atoms with E-state index in [1.165, 1.54) is 6.07 Å². The Hall–Kier alpha value is -3.00. The number of hydrogen-bond donors (Lipinski definition) is 2. The van der Waals surface area contributed by atoms with E-state index >= 15 is 0 Å². The van der Waals surface area contributed by atoms with Gasteiger partial charge in [-0.3, -0.25) is 4.90 Å². The molecule has 6 nitrogen and oxygen atoms in total. The quantitative estimate of drug-likeness (QED) is 0.483. The van der Waals surface area contributed by atoms with Crippen LogP contribution in [0.15, 0.2) is 36.5 Å². The van der Waals surface area contributed by atoms with Gasteiger partial charge < -0.3 is 15.2 Å². The van der Waals surface area contributed by atoms with Gasteiger partial charge in [0.15, 0.2) is 11.6 Å². The van der Waals surface area contributed by atoms with E-state index in [0.29, 0.717) is 11.4 Å². The van der Waals surface area contributed by atoms with E-state index in [2.05, 4.69) is 60.2 Å². The zero-order valence-corrected chi connectivity index (χ0v) is 21.0. The summed E-state index contributed by atoms with van der Waals surface area (Å²) in [6.45, 7) is 12.7. The van der Waals surface area contributed by atoms with Crippen LogP contribution < -0.4 is 10.6 Å². The lowest BCUT2D eigenvalue weighted by Crippen LogP contribution is -2.61. The van der Waals surface area contributed by atoms with Crippen molar-refractivity contribution in [2.45, 2.75) is 71.5 Å². The molecule has 3 aromatic rings. The van der Waals surface area contributed by atoms with Crippen LogP contribution in [0.2, 0.25) is 0 Å². The van der Waals surface area contributed by atoms with Gasteiger partial charge in [0.05, 0.1) is 11.9 Å². The zero-order valence-electron chi connectivity index (χ0n) is 21.0. The molecule has 2 N–H and O–H groups in total. The van der Waals surface area contributed by atoms with Gasteiger partial charge in [0, 0.05) is 34.2 Å². The van der Waals surface area contributed by atoms with Gasteiger partial charge in [0.2, 0.25) is 5.95 Å². The number of halogens is 2. The molecule has 1 fully saturated rings. The van der Waals surface area contributed by atoms with E-state index in [-0.39, 0.29) is 34.7 Å². The van der Waals surface area contributed by atoms with Gasteiger partial charge in [-0.1, -0.05) is 0 Å². The first-order valence-corrected chi connectivity index (χ1v) is 11.6. The monoisotopic (exact) mass is 468 g/mol. The predicted molar refractivity (Wildman–Crippen MR) is 133 cm³/mol. The number of nitrogens with zero attached hydrogens (tertiary/aromatic N) is 4. The smallest absolute Gasteiger partial charge is 0.229 e. The van der Waals surface area contributed by atoms with Crippen molar-refractivity contribution in [2.75, 3.05) is 17.7 Å². The number of aromatic nitrogens is 3. The Bertz CT molecular complexity index is 1160. The molecule has 1 aliphatic rings. The Labute approximate surface area is 200 Å². The lowest BCUT2D eigenvalue weighted by Gasteiger charge is -2.53. The Morgan fingerprint density at radius 3 is 2.18 bits per heavy atom. The largest absolute Gasteiger partial charge is 0.365 e. The molecule has 0 atom stereocenters. The Kier molecular flexibility index (Phi) is 6.14. The van der Waals surface area contributed by atoms with Crippen LogP contribution in [0.5, 0.6) is 0 Å². The molecule has 4 rings (SSSR count). The molecule has 0 amide bonds. The summed E-state index contributed by atoms with van der Waals surface area (Å²) < 4.78 is 31.1. The first kappa shape index (κ1) is 24.1. The second-order valence-corrected chi connectivity index (χ2v) is 10.6. The van der Waals surface area contributed by atoms with Crippen molar-refractivity contribution in [3.05, 3.63) is 59.6 Å². The molecular weight excluding hydrogens is 434 g/mol. The topological polar surface area (TPSA) is 58.0 Å². The van der Waals surface area contributed by atoms with E-state index in [0.717, 1.165) is 30.4 Å². The third-order valence-electron chi connectivity index (χ3n) is 7.11. The van der Waals surface area contributed by atoms with E-state index in [9.17, 15) is 8.78 Å². The first-order chi connectivity index (χ1) is 15.9. The third-order valence-corrected chi connectivity index (χ3v) is 7.11. The van der Waals surface area contributed by atoms with Crippen LogP contribution in [0.25, 0.3) is 5.69 Å². The number of aryl methyl sites for hydroxylation is 2. The van der Waals surface area contributed by atoms with Crippen LogP contribution in [-0.2, 0) is 0 Å². The fourth-order valence-electron chi connectivity index (χ4n) is 5.13. The molecule has 0 bridgehead atoms. The van der Waals surface area contributed by atoms with Crippen molar-refractivity contribution in [3.8, 4) is 5.69 Å². The lowest BCUT2D eigenvalue weighted by molar-refractivity contribution is -0.00778. The van der Waals surface area contributed by atoms with Gasteiger partial charge in [-0.05, 0) is 91.8 Å². The molecule has 34 heavy (non-hydrogen) atoms. The molecule has 182 valence electrons. The summed E-state index contributed by atoms with van der Waals surface area (Å²) in [5, 5.41) is 6.41. The molecule has 0 saturated carbocycles. The average Bonchev–Trinajstić information content (AvgIpc) is 3.08. The van der Waals surface area contributed by atoms with Crippen molar-refractivity contribution < 1.29 is 8.78 Å². The maximum absolute atomic E-state index is 14.6. The first-order valence-electron chi connectivity index (χ1n) is 11.6.